The number of allylic oxidation sites excluding steroid dienone is 6. The van der Waals surface area contributed by atoms with Crippen LogP contribution in [0.15, 0.2) is 89.9 Å². The average Bonchev–Trinajstić information content (AvgIpc) is 2.61. The molecule has 0 aromatic heterocycles. The van der Waals surface area contributed by atoms with Gasteiger partial charge in [-0.1, -0.05) is 49.6 Å². The first-order valence-corrected chi connectivity index (χ1v) is 10.2. The molecule has 1 atom stereocenters. The van der Waals surface area contributed by atoms with Crippen molar-refractivity contribution < 1.29 is 0 Å². The summed E-state index contributed by atoms with van der Waals surface area (Å²) in [4.78, 5) is 0. The van der Waals surface area contributed by atoms with Gasteiger partial charge in [0.2, 0.25) is 0 Å². The van der Waals surface area contributed by atoms with Gasteiger partial charge in [-0.05, 0) is 87.9 Å². The maximum Gasteiger partial charge on any atom is 0.0562 e. The minimum absolute atomic E-state index is 0.0881. The van der Waals surface area contributed by atoms with Crippen molar-refractivity contribution in [3.05, 3.63) is 101 Å². The van der Waals surface area contributed by atoms with Gasteiger partial charge in [0, 0.05) is 23.5 Å². The Balaban J connectivity index is 2.10. The van der Waals surface area contributed by atoms with E-state index in [0.717, 1.165) is 35.5 Å². The van der Waals surface area contributed by atoms with Gasteiger partial charge in [-0.2, -0.15) is 0 Å². The number of hydrogen-bond donors (Lipinski definition) is 2. The Labute approximate surface area is 177 Å². The second-order valence-electron chi connectivity index (χ2n) is 8.68. The van der Waals surface area contributed by atoms with Gasteiger partial charge in [0.15, 0.2) is 0 Å². The van der Waals surface area contributed by atoms with Gasteiger partial charge in [-0.15, -0.1) is 0 Å². The van der Waals surface area contributed by atoms with Crippen LogP contribution in [-0.4, -0.2) is 5.54 Å². The fourth-order valence-corrected chi connectivity index (χ4v) is 3.58. The summed E-state index contributed by atoms with van der Waals surface area (Å²) in [6, 6.07) is 6.41. The van der Waals surface area contributed by atoms with Crippen molar-refractivity contribution in [2.45, 2.75) is 59.9 Å². The molecule has 1 aliphatic carbocycles. The summed E-state index contributed by atoms with van der Waals surface area (Å²) in [5, 5.41) is 6.91. The molecule has 0 amide bonds. The molecule has 154 valence electrons. The summed E-state index contributed by atoms with van der Waals surface area (Å²) in [5.41, 5.74) is 10.3. The third-order valence-electron chi connectivity index (χ3n) is 5.41. The summed E-state index contributed by atoms with van der Waals surface area (Å²) in [7, 11) is 0. The highest BCUT2D eigenvalue weighted by atomic mass is 15.0. The molecular weight excluding hydrogens is 352 g/mol. The van der Waals surface area contributed by atoms with Crippen LogP contribution in [0.5, 0.6) is 0 Å². The summed E-state index contributed by atoms with van der Waals surface area (Å²) in [6.07, 6.45) is 8.31. The SMILES string of the molecule is C=C(C)NC1(C)C=CC(C(=C)C(CC(=C)Nc2ccc(C)c(C)c2)=C(C)C)=CC1. The van der Waals surface area contributed by atoms with Gasteiger partial charge in [-0.3, -0.25) is 0 Å². The number of benzene rings is 1. The van der Waals surface area contributed by atoms with E-state index in [1.165, 1.54) is 27.8 Å². The van der Waals surface area contributed by atoms with Gasteiger partial charge in [0.25, 0.3) is 0 Å². The summed E-state index contributed by atoms with van der Waals surface area (Å²) < 4.78 is 0. The molecule has 0 heterocycles. The van der Waals surface area contributed by atoms with E-state index in [4.69, 9.17) is 0 Å². The number of nitrogens with one attached hydrogen (secondary N) is 2. The third kappa shape index (κ3) is 6.12. The lowest BCUT2D eigenvalue weighted by atomic mass is 9.84. The van der Waals surface area contributed by atoms with Crippen molar-refractivity contribution in [1.82, 2.24) is 5.32 Å². The largest absolute Gasteiger partial charge is 0.380 e. The first-order chi connectivity index (χ1) is 13.5. The number of rotatable bonds is 8. The van der Waals surface area contributed by atoms with Crippen LogP contribution < -0.4 is 10.6 Å². The minimum atomic E-state index is -0.0881. The van der Waals surface area contributed by atoms with E-state index in [9.17, 15) is 0 Å². The predicted molar refractivity (Wildman–Crippen MR) is 129 cm³/mol. The monoisotopic (exact) mass is 388 g/mol. The quantitative estimate of drug-likeness (QED) is 0.457. The van der Waals surface area contributed by atoms with E-state index < -0.39 is 0 Å². The third-order valence-corrected chi connectivity index (χ3v) is 5.41. The van der Waals surface area contributed by atoms with Gasteiger partial charge in [-0.25, -0.2) is 0 Å². The van der Waals surface area contributed by atoms with Crippen LogP contribution in [-0.2, 0) is 0 Å². The van der Waals surface area contributed by atoms with E-state index in [0.29, 0.717) is 0 Å². The lowest BCUT2D eigenvalue weighted by molar-refractivity contribution is 0.485. The highest BCUT2D eigenvalue weighted by molar-refractivity contribution is 5.57. The second-order valence-corrected chi connectivity index (χ2v) is 8.68. The lowest BCUT2D eigenvalue weighted by Crippen LogP contribution is -2.39. The highest BCUT2D eigenvalue weighted by Gasteiger charge is 2.23. The van der Waals surface area contributed by atoms with Gasteiger partial charge < -0.3 is 10.6 Å². The van der Waals surface area contributed by atoms with Crippen molar-refractivity contribution in [3.8, 4) is 0 Å². The topological polar surface area (TPSA) is 24.1 Å². The Bertz CT molecular complexity index is 920. The molecule has 0 aliphatic heterocycles. The maximum atomic E-state index is 4.41. The highest BCUT2D eigenvalue weighted by Crippen LogP contribution is 2.32. The Hall–Kier alpha value is -2.74. The molecule has 0 saturated heterocycles. The van der Waals surface area contributed by atoms with Crippen LogP contribution in [0.4, 0.5) is 5.69 Å². The first kappa shape index (κ1) is 22.5. The van der Waals surface area contributed by atoms with E-state index >= 15 is 0 Å². The smallest absolute Gasteiger partial charge is 0.0562 e. The van der Waals surface area contributed by atoms with Crippen molar-refractivity contribution in [1.29, 1.82) is 0 Å². The summed E-state index contributed by atoms with van der Waals surface area (Å²) in [6.45, 7) is 25.4. The first-order valence-electron chi connectivity index (χ1n) is 10.2. The molecule has 2 rings (SSSR count). The Kier molecular flexibility index (Phi) is 7.13. The predicted octanol–water partition coefficient (Wildman–Crippen LogP) is 7.28. The van der Waals surface area contributed by atoms with E-state index in [1.54, 1.807) is 0 Å². The van der Waals surface area contributed by atoms with Crippen LogP contribution in [0.3, 0.4) is 0 Å². The molecule has 2 N–H and O–H groups in total. The Morgan fingerprint density at radius 1 is 1.07 bits per heavy atom. The van der Waals surface area contributed by atoms with Crippen molar-refractivity contribution in [2.24, 2.45) is 0 Å². The molecule has 0 spiro atoms. The standard InChI is InChI=1S/C27H36N2/c1-18(2)26(17-22(7)28-25-11-10-20(5)21(6)16-25)23(8)24-12-14-27(9,15-13-24)29-19(3)4/h10-14,16,28-29H,3,7-8,15,17H2,1-2,4-6,9H3. The average molecular weight is 389 g/mol. The Morgan fingerprint density at radius 3 is 2.28 bits per heavy atom. The fraction of sp³-hybridized carbons (Fsp3) is 0.333. The van der Waals surface area contributed by atoms with Crippen molar-refractivity contribution >= 4 is 5.69 Å². The van der Waals surface area contributed by atoms with Crippen molar-refractivity contribution in [2.75, 3.05) is 5.32 Å². The van der Waals surface area contributed by atoms with Crippen molar-refractivity contribution in [3.63, 3.8) is 0 Å². The number of aryl methyl sites for hydroxylation is 2. The van der Waals surface area contributed by atoms with E-state index in [1.807, 2.05) is 6.92 Å². The van der Waals surface area contributed by atoms with Gasteiger partial charge in [0.1, 0.15) is 0 Å². The number of anilines is 1. The summed E-state index contributed by atoms with van der Waals surface area (Å²) >= 11 is 0. The molecule has 2 nitrogen and oxygen atoms in total. The molecule has 0 radical (unpaired) electrons. The van der Waals surface area contributed by atoms with Crippen LogP contribution in [0.25, 0.3) is 0 Å². The molecule has 1 aromatic carbocycles. The van der Waals surface area contributed by atoms with Crippen LogP contribution in [0, 0.1) is 13.8 Å². The van der Waals surface area contributed by atoms with Crippen LogP contribution in [0.1, 0.15) is 51.7 Å². The molecule has 0 bridgehead atoms. The van der Waals surface area contributed by atoms with Gasteiger partial charge in [0.05, 0.1) is 5.54 Å². The lowest BCUT2D eigenvalue weighted by Gasteiger charge is -2.31. The second kappa shape index (κ2) is 9.17. The fourth-order valence-electron chi connectivity index (χ4n) is 3.58. The minimum Gasteiger partial charge on any atom is -0.380 e. The molecular formula is C27H36N2. The normalized spacial score (nSPS) is 17.9. The number of hydrogen-bond acceptors (Lipinski definition) is 2. The molecule has 29 heavy (non-hydrogen) atoms. The summed E-state index contributed by atoms with van der Waals surface area (Å²) in [5.74, 6) is 0. The molecule has 2 heteroatoms. The zero-order valence-electron chi connectivity index (χ0n) is 19.0. The zero-order chi connectivity index (χ0) is 21.8. The molecule has 1 aliphatic rings. The van der Waals surface area contributed by atoms with E-state index in [2.05, 4.69) is 101 Å². The molecule has 0 saturated carbocycles. The van der Waals surface area contributed by atoms with E-state index in [-0.39, 0.29) is 5.54 Å². The zero-order valence-corrected chi connectivity index (χ0v) is 19.0. The van der Waals surface area contributed by atoms with Gasteiger partial charge >= 0.3 is 0 Å². The molecule has 0 fully saturated rings. The van der Waals surface area contributed by atoms with Crippen LogP contribution in [0.2, 0.25) is 0 Å². The molecule has 1 aromatic rings. The maximum absolute atomic E-state index is 4.41. The van der Waals surface area contributed by atoms with Crippen LogP contribution >= 0.6 is 0 Å². The molecule has 1 unspecified atom stereocenters. The Morgan fingerprint density at radius 2 is 1.76 bits per heavy atom.